The van der Waals surface area contributed by atoms with E-state index in [1.807, 2.05) is 0 Å². The van der Waals surface area contributed by atoms with Gasteiger partial charge in [0, 0.05) is 25.2 Å². The zero-order chi connectivity index (χ0) is 27.0. The Hall–Kier alpha value is -1.71. The number of aliphatic carboxylic acids is 2. The maximum absolute atomic E-state index is 10.1. The third kappa shape index (κ3) is 32.3. The van der Waals surface area contributed by atoms with Gasteiger partial charge in [0.1, 0.15) is 0 Å². The van der Waals surface area contributed by atoms with Crippen molar-refractivity contribution in [1.29, 1.82) is 0 Å². The Morgan fingerprint density at radius 1 is 0.771 bits per heavy atom. The van der Waals surface area contributed by atoms with Gasteiger partial charge in [0.15, 0.2) is 11.9 Å². The van der Waals surface area contributed by atoms with Gasteiger partial charge >= 0.3 is 43.7 Å². The molecule has 0 aliphatic carbocycles. The van der Waals surface area contributed by atoms with Crippen molar-refractivity contribution in [2.24, 2.45) is 21.5 Å². The molecule has 0 aromatic carbocycles. The van der Waals surface area contributed by atoms with Crippen LogP contribution in [0.4, 0.5) is 0 Å². The van der Waals surface area contributed by atoms with Crippen LogP contribution in [0.1, 0.15) is 12.8 Å². The number of carboxylic acid groups (broad SMARTS) is 2. The van der Waals surface area contributed by atoms with Gasteiger partial charge in [0.2, 0.25) is 0 Å². The number of hydrogen-bond donors (Lipinski definition) is 12. The van der Waals surface area contributed by atoms with Gasteiger partial charge in [0.05, 0.1) is 25.0 Å². The van der Waals surface area contributed by atoms with Gasteiger partial charge in [-0.2, -0.15) is 0 Å². The second-order valence-electron chi connectivity index (χ2n) is 6.40. The van der Waals surface area contributed by atoms with E-state index in [0.29, 0.717) is 0 Å². The Morgan fingerprint density at radius 2 is 1.14 bits per heavy atom. The maximum atomic E-state index is 10.1. The minimum Gasteiger partial charge on any atom is -0.548 e. The van der Waals surface area contributed by atoms with E-state index in [9.17, 15) is 29.4 Å². The smallest absolute Gasteiger partial charge is 0.548 e. The fourth-order valence-corrected chi connectivity index (χ4v) is 5.21. The molecule has 0 fully saturated rings. The molecular weight excluding hydrogens is 584 g/mol. The van der Waals surface area contributed by atoms with Crippen LogP contribution in [0.3, 0.4) is 0 Å². The monoisotopic (exact) mass is 613 g/mol. The van der Waals surface area contributed by atoms with Crippen LogP contribution in [-0.4, -0.2) is 115 Å². The minimum absolute atomic E-state index is 0. The fourth-order valence-electron chi connectivity index (χ4n) is 1.76. The van der Waals surface area contributed by atoms with Crippen molar-refractivity contribution in [3.63, 3.8) is 0 Å². The van der Waals surface area contributed by atoms with Gasteiger partial charge in [-0.15, -0.1) is 0 Å². The van der Waals surface area contributed by atoms with Crippen LogP contribution in [0.25, 0.3) is 0 Å². The van der Waals surface area contributed by atoms with Crippen LogP contribution in [0.5, 0.6) is 0 Å². The van der Waals surface area contributed by atoms with E-state index in [4.69, 9.17) is 40.2 Å². The summed E-state index contributed by atoms with van der Waals surface area (Å²) in [6.07, 6.45) is 0.391. The number of nitrogens with zero attached hydrogens (tertiary/aromatic N) is 2. The molecule has 209 valence electrons. The molecule has 35 heavy (non-hydrogen) atoms. The number of carbonyl (C=O) groups excluding carboxylic acids is 2. The van der Waals surface area contributed by atoms with Crippen molar-refractivity contribution >= 4 is 50.5 Å². The number of carbonyl (C=O) groups is 2. The number of guanidine groups is 2. The molecule has 0 unspecified atom stereocenters. The first-order valence-corrected chi connectivity index (χ1v) is 15.1. The van der Waals surface area contributed by atoms with Crippen molar-refractivity contribution < 1.29 is 79.4 Å². The number of hydrogen-bond acceptors (Lipinski definition) is 15. The Kier molecular flexibility index (Phi) is 20.0. The molecule has 0 bridgehead atoms. The average molecular weight is 614 g/mol. The molecule has 0 aliphatic rings. The van der Waals surface area contributed by atoms with E-state index < -0.39 is 51.7 Å². The third-order valence-corrected chi connectivity index (χ3v) is 7.47. The predicted octanol–water partition coefficient (Wildman–Crippen LogP) is -9.67. The SMILES string of the molecule is NC(=NCC(=O)[O-])NCCC[Si](O)(O)O.NC(=NCC(=O)[O-])NCCC[Si](O)(O)O[Si](O)(O)O.[Cu+2]. The number of carboxylic acids is 2. The molecule has 0 atom stereocenters. The molecule has 0 aromatic rings. The molecule has 14 N–H and O–H groups in total. The maximum Gasteiger partial charge on any atom is 2.00 e. The summed E-state index contributed by atoms with van der Waals surface area (Å²) in [4.78, 5) is 96.8. The molecular formula is C12H30CuN6O13Si3. The summed E-state index contributed by atoms with van der Waals surface area (Å²) >= 11 is 0. The number of nitrogens with two attached hydrogens (primary N) is 2. The van der Waals surface area contributed by atoms with Crippen LogP contribution in [0.2, 0.25) is 12.1 Å². The van der Waals surface area contributed by atoms with Gasteiger partial charge < -0.3 is 84.4 Å². The molecule has 23 heteroatoms. The van der Waals surface area contributed by atoms with Crippen LogP contribution in [0.15, 0.2) is 9.98 Å². The summed E-state index contributed by atoms with van der Waals surface area (Å²) in [6, 6.07) is -0.446. The van der Waals surface area contributed by atoms with Crippen LogP contribution in [0, 0.1) is 0 Å². The zero-order valence-corrected chi connectivity index (χ0v) is 22.1. The summed E-state index contributed by atoms with van der Waals surface area (Å²) in [5.74, 6) is -2.97. The third-order valence-electron chi connectivity index (χ3n) is 3.04. The molecule has 19 nitrogen and oxygen atoms in total. The molecule has 0 amide bonds. The number of nitrogens with one attached hydrogen (secondary N) is 2. The Balaban J connectivity index is -0.000000584. The normalized spacial score (nSPS) is 12.7. The topological polar surface area (TPSA) is 352 Å². The van der Waals surface area contributed by atoms with Gasteiger partial charge in [-0.3, -0.25) is 0 Å². The second-order valence-corrected chi connectivity index (χ2v) is 12.4. The van der Waals surface area contributed by atoms with Gasteiger partial charge in [-0.1, -0.05) is 0 Å². The summed E-state index contributed by atoms with van der Waals surface area (Å²) in [7, 11) is -13.3. The van der Waals surface area contributed by atoms with Gasteiger partial charge in [0.25, 0.3) is 0 Å². The predicted molar refractivity (Wildman–Crippen MR) is 114 cm³/mol. The zero-order valence-electron chi connectivity index (χ0n) is 18.1. The molecule has 0 spiro atoms. The first kappa shape index (κ1) is 37.8. The first-order valence-electron chi connectivity index (χ1n) is 9.29. The molecule has 1 radical (unpaired) electrons. The number of rotatable bonds is 14. The Labute approximate surface area is 213 Å². The first-order chi connectivity index (χ1) is 15.3. The van der Waals surface area contributed by atoms with Crippen molar-refractivity contribution in [2.45, 2.75) is 24.9 Å². The molecule has 0 saturated heterocycles. The van der Waals surface area contributed by atoms with E-state index in [-0.39, 0.29) is 67.0 Å². The quantitative estimate of drug-likeness (QED) is 0.0374. The summed E-state index contributed by atoms with van der Waals surface area (Å²) in [5, 5.41) is 25.0. The summed E-state index contributed by atoms with van der Waals surface area (Å²) in [6.45, 7) is -0.761. The van der Waals surface area contributed by atoms with Crippen LogP contribution < -0.4 is 32.3 Å². The summed E-state index contributed by atoms with van der Waals surface area (Å²) in [5.41, 5.74) is 10.5. The molecule has 0 rings (SSSR count). The van der Waals surface area contributed by atoms with Crippen molar-refractivity contribution in [3.05, 3.63) is 0 Å². The average Bonchev–Trinajstić information content (AvgIpc) is 2.63. The second kappa shape index (κ2) is 18.5. The largest absolute Gasteiger partial charge is 2.00 e. The van der Waals surface area contributed by atoms with Crippen LogP contribution in [-0.2, 0) is 30.8 Å². The van der Waals surface area contributed by atoms with E-state index in [1.165, 1.54) is 0 Å². The number of aliphatic imine (C=N–C) groups is 2. The van der Waals surface area contributed by atoms with Crippen molar-refractivity contribution in [3.8, 4) is 0 Å². The molecule has 0 heterocycles. The van der Waals surface area contributed by atoms with E-state index >= 15 is 0 Å². The van der Waals surface area contributed by atoms with E-state index in [1.54, 1.807) is 0 Å². The van der Waals surface area contributed by atoms with Crippen LogP contribution >= 0.6 is 0 Å². The summed E-state index contributed by atoms with van der Waals surface area (Å²) < 4.78 is 3.99. The molecule has 0 aliphatic heterocycles. The van der Waals surface area contributed by atoms with E-state index in [2.05, 4.69) is 24.7 Å². The molecule has 0 aromatic heterocycles. The molecule has 0 saturated carbocycles. The fraction of sp³-hybridized carbons (Fsp3) is 0.667. The Bertz CT molecular complexity index is 690. The van der Waals surface area contributed by atoms with Crippen molar-refractivity contribution in [2.75, 3.05) is 26.2 Å². The standard InChI is InChI=1S/C6H17N3O8Si2.C6H15N3O5Si.Cu/c7-6(9-4-5(10)11)8-2-1-3-18(12,13)17-19(14,15)16;7-6(9-4-5(10)11)8-2-1-3-15(12,13)14;/h12-16H,1-4H2,(H,10,11)(H3,7,8,9);12-14H,1-4H2,(H,10,11)(H3,7,8,9);/q;;+2/p-2. The van der Waals surface area contributed by atoms with E-state index in [0.717, 1.165) is 0 Å². The van der Waals surface area contributed by atoms with Crippen molar-refractivity contribution in [1.82, 2.24) is 10.6 Å². The Morgan fingerprint density at radius 3 is 1.46 bits per heavy atom. The van der Waals surface area contributed by atoms with Gasteiger partial charge in [-0.25, -0.2) is 9.98 Å². The minimum atomic E-state index is -4.98. The van der Waals surface area contributed by atoms with Gasteiger partial charge in [-0.05, 0) is 12.8 Å².